The van der Waals surface area contributed by atoms with Gasteiger partial charge < -0.3 is 9.64 Å². The van der Waals surface area contributed by atoms with Gasteiger partial charge in [-0.2, -0.15) is 0 Å². The number of pyridine rings is 1. The van der Waals surface area contributed by atoms with E-state index < -0.39 is 0 Å². The zero-order chi connectivity index (χ0) is 16.6. The lowest BCUT2D eigenvalue weighted by Crippen LogP contribution is -2.63. The molecule has 2 aromatic rings. The summed E-state index contributed by atoms with van der Waals surface area (Å²) < 4.78 is 7.25. The van der Waals surface area contributed by atoms with E-state index in [-0.39, 0.29) is 17.1 Å². The number of fused-ring (bicyclic) bond motifs is 1. The van der Waals surface area contributed by atoms with E-state index in [4.69, 9.17) is 4.74 Å². The van der Waals surface area contributed by atoms with Gasteiger partial charge in [0.2, 0.25) is 0 Å². The Morgan fingerprint density at radius 1 is 1.39 bits per heavy atom. The van der Waals surface area contributed by atoms with Gasteiger partial charge in [0.25, 0.3) is 5.56 Å². The molecule has 5 nitrogen and oxygen atoms in total. The van der Waals surface area contributed by atoms with Crippen LogP contribution in [0.1, 0.15) is 33.1 Å². The van der Waals surface area contributed by atoms with Gasteiger partial charge in [0.05, 0.1) is 6.10 Å². The Morgan fingerprint density at radius 3 is 2.78 bits per heavy atom. The molecule has 23 heavy (non-hydrogen) atoms. The maximum absolute atomic E-state index is 12.3. The molecule has 5 heteroatoms. The summed E-state index contributed by atoms with van der Waals surface area (Å²) in [6, 6.07) is 7.58. The molecule has 0 radical (unpaired) electrons. The summed E-state index contributed by atoms with van der Waals surface area (Å²) in [6.07, 6.45) is 5.13. The Balaban J connectivity index is 1.98. The molecule has 0 bridgehead atoms. The SMILES string of the molecule is CCC1(CC)[C@H](OC)C[C@H]1N(C)c1cc(=O)n2ccccc2n1. The first-order chi connectivity index (χ1) is 11.1. The number of aromatic nitrogens is 2. The van der Waals surface area contributed by atoms with Crippen molar-refractivity contribution in [3.8, 4) is 0 Å². The van der Waals surface area contributed by atoms with Crippen LogP contribution in [-0.4, -0.2) is 35.7 Å². The predicted octanol–water partition coefficient (Wildman–Crippen LogP) is 2.72. The number of hydrogen-bond acceptors (Lipinski definition) is 4. The first-order valence-electron chi connectivity index (χ1n) is 8.31. The predicted molar refractivity (Wildman–Crippen MR) is 92.1 cm³/mol. The van der Waals surface area contributed by atoms with Crippen molar-refractivity contribution in [1.82, 2.24) is 9.38 Å². The summed E-state index contributed by atoms with van der Waals surface area (Å²) in [5, 5.41) is 0. The van der Waals surface area contributed by atoms with Gasteiger partial charge in [-0.15, -0.1) is 0 Å². The fourth-order valence-electron chi connectivity index (χ4n) is 4.16. The van der Waals surface area contributed by atoms with Gasteiger partial charge in [-0.1, -0.05) is 19.9 Å². The normalized spacial score (nSPS) is 22.8. The number of hydrogen-bond donors (Lipinski definition) is 0. The number of rotatable bonds is 5. The minimum Gasteiger partial charge on any atom is -0.381 e. The summed E-state index contributed by atoms with van der Waals surface area (Å²) in [6.45, 7) is 4.44. The highest BCUT2D eigenvalue weighted by molar-refractivity contribution is 5.49. The minimum atomic E-state index is -0.0429. The van der Waals surface area contributed by atoms with E-state index in [9.17, 15) is 4.79 Å². The van der Waals surface area contributed by atoms with Crippen molar-refractivity contribution in [2.45, 2.75) is 45.3 Å². The van der Waals surface area contributed by atoms with Gasteiger partial charge in [-0.3, -0.25) is 9.20 Å². The Kier molecular flexibility index (Phi) is 4.15. The molecule has 2 heterocycles. The zero-order valence-electron chi connectivity index (χ0n) is 14.3. The summed E-state index contributed by atoms with van der Waals surface area (Å²) in [4.78, 5) is 19.2. The van der Waals surface area contributed by atoms with Crippen LogP contribution in [-0.2, 0) is 4.74 Å². The van der Waals surface area contributed by atoms with E-state index >= 15 is 0 Å². The van der Waals surface area contributed by atoms with Crippen LogP contribution in [0.3, 0.4) is 0 Å². The average molecular weight is 315 g/mol. The number of anilines is 1. The maximum atomic E-state index is 12.3. The van der Waals surface area contributed by atoms with Gasteiger partial charge in [-0.25, -0.2) is 4.98 Å². The molecule has 1 aliphatic carbocycles. The third kappa shape index (κ3) is 2.34. The van der Waals surface area contributed by atoms with Crippen molar-refractivity contribution in [3.05, 3.63) is 40.8 Å². The van der Waals surface area contributed by atoms with Crippen molar-refractivity contribution in [3.63, 3.8) is 0 Å². The second-order valence-electron chi connectivity index (χ2n) is 6.41. The van der Waals surface area contributed by atoms with Crippen LogP contribution >= 0.6 is 0 Å². The molecule has 1 fully saturated rings. The molecule has 0 spiro atoms. The summed E-state index contributed by atoms with van der Waals surface area (Å²) >= 11 is 0. The quantitative estimate of drug-likeness (QED) is 0.851. The lowest BCUT2D eigenvalue weighted by molar-refractivity contribution is -0.113. The molecule has 2 aromatic heterocycles. The Bertz CT molecular complexity index is 751. The smallest absolute Gasteiger partial charge is 0.259 e. The van der Waals surface area contributed by atoms with E-state index in [1.54, 1.807) is 23.8 Å². The van der Waals surface area contributed by atoms with Crippen LogP contribution in [0, 0.1) is 5.41 Å². The average Bonchev–Trinajstić information content (AvgIpc) is 2.55. The highest BCUT2D eigenvalue weighted by Crippen LogP contribution is 2.51. The lowest BCUT2D eigenvalue weighted by Gasteiger charge is -2.58. The second kappa shape index (κ2) is 5.96. The minimum absolute atomic E-state index is 0.0429. The molecule has 0 amide bonds. The molecule has 3 rings (SSSR count). The molecule has 124 valence electrons. The van der Waals surface area contributed by atoms with E-state index in [1.165, 1.54) is 0 Å². The van der Waals surface area contributed by atoms with Crippen molar-refractivity contribution in [1.29, 1.82) is 0 Å². The van der Waals surface area contributed by atoms with Crippen LogP contribution < -0.4 is 10.5 Å². The third-order valence-corrected chi connectivity index (χ3v) is 5.73. The Hall–Kier alpha value is -1.88. The molecule has 1 saturated carbocycles. The Labute approximate surface area is 136 Å². The van der Waals surface area contributed by atoms with Crippen LogP contribution in [0.4, 0.5) is 5.82 Å². The summed E-state index contributed by atoms with van der Waals surface area (Å²) in [7, 11) is 3.83. The maximum Gasteiger partial charge on any atom is 0.259 e. The Morgan fingerprint density at radius 2 is 2.13 bits per heavy atom. The lowest BCUT2D eigenvalue weighted by atomic mass is 9.58. The first kappa shape index (κ1) is 16.0. The van der Waals surface area contributed by atoms with E-state index in [0.717, 1.165) is 25.1 Å². The fourth-order valence-corrected chi connectivity index (χ4v) is 4.16. The summed E-state index contributed by atoms with van der Waals surface area (Å²) in [5.74, 6) is 0.743. The van der Waals surface area contributed by atoms with Gasteiger partial charge in [0.15, 0.2) is 0 Å². The largest absolute Gasteiger partial charge is 0.381 e. The number of methoxy groups -OCH3 is 1. The van der Waals surface area contributed by atoms with Crippen molar-refractivity contribution < 1.29 is 4.74 Å². The molecule has 2 atom stereocenters. The van der Waals surface area contributed by atoms with Crippen LogP contribution in [0.15, 0.2) is 35.3 Å². The monoisotopic (exact) mass is 315 g/mol. The summed E-state index contributed by atoms with van der Waals surface area (Å²) in [5.41, 5.74) is 0.772. The molecule has 0 aromatic carbocycles. The van der Waals surface area contributed by atoms with Crippen molar-refractivity contribution in [2.24, 2.45) is 5.41 Å². The van der Waals surface area contributed by atoms with Crippen LogP contribution in [0.5, 0.6) is 0 Å². The molecule has 0 unspecified atom stereocenters. The van der Waals surface area contributed by atoms with E-state index in [0.29, 0.717) is 11.7 Å². The van der Waals surface area contributed by atoms with Crippen LogP contribution in [0.2, 0.25) is 0 Å². The van der Waals surface area contributed by atoms with Gasteiger partial charge in [-0.05, 0) is 31.4 Å². The van der Waals surface area contributed by atoms with Crippen molar-refractivity contribution >= 4 is 11.5 Å². The number of ether oxygens (including phenoxy) is 1. The highest BCUT2D eigenvalue weighted by Gasteiger charge is 2.55. The highest BCUT2D eigenvalue weighted by atomic mass is 16.5. The molecule has 0 aliphatic heterocycles. The fraction of sp³-hybridized carbons (Fsp3) is 0.556. The molecule has 0 saturated heterocycles. The topological polar surface area (TPSA) is 46.8 Å². The second-order valence-corrected chi connectivity index (χ2v) is 6.41. The van der Waals surface area contributed by atoms with Crippen molar-refractivity contribution in [2.75, 3.05) is 19.1 Å². The molecular weight excluding hydrogens is 290 g/mol. The zero-order valence-corrected chi connectivity index (χ0v) is 14.3. The third-order valence-electron chi connectivity index (χ3n) is 5.73. The van der Waals surface area contributed by atoms with Gasteiger partial charge >= 0.3 is 0 Å². The molecular formula is C18H25N3O2. The van der Waals surface area contributed by atoms with Gasteiger partial charge in [0.1, 0.15) is 11.5 Å². The first-order valence-corrected chi connectivity index (χ1v) is 8.31. The molecule has 0 N–H and O–H groups in total. The molecule has 1 aliphatic rings. The number of nitrogens with zero attached hydrogens (tertiary/aromatic N) is 3. The van der Waals surface area contributed by atoms with Crippen LogP contribution in [0.25, 0.3) is 5.65 Å². The van der Waals surface area contributed by atoms with E-state index in [2.05, 4.69) is 23.7 Å². The standard InChI is InChI=1S/C18H25N3O2/c1-5-18(6-2)13(11-14(18)23-4)20(3)16-12-17(22)21-10-8-7-9-15(21)19-16/h7-10,12-14H,5-6,11H2,1-4H3/t13-,14-/m1/s1. The van der Waals surface area contributed by atoms with E-state index in [1.807, 2.05) is 25.2 Å². The van der Waals surface area contributed by atoms with Gasteiger partial charge in [0, 0.05) is 37.9 Å².